The van der Waals surface area contributed by atoms with Gasteiger partial charge in [-0.25, -0.2) is 4.98 Å². The monoisotopic (exact) mass is 769 g/mol. The Morgan fingerprint density at radius 1 is 0.525 bits per heavy atom. The van der Waals surface area contributed by atoms with E-state index in [0.717, 1.165) is 90.8 Å². The van der Waals surface area contributed by atoms with Crippen LogP contribution < -0.4 is 19.3 Å². The third-order valence-corrected chi connectivity index (χ3v) is 10.8. The minimum atomic E-state index is 0.754. The van der Waals surface area contributed by atoms with Crippen LogP contribution in [0.15, 0.2) is 190 Å². The van der Waals surface area contributed by atoms with Gasteiger partial charge in [0, 0.05) is 69.5 Å². The van der Waals surface area contributed by atoms with Crippen LogP contribution in [0.4, 0.5) is 34.1 Å². The minimum Gasteiger partial charge on any atom is -0.497 e. The number of anilines is 6. The molecule has 59 heavy (non-hydrogen) atoms. The number of hydrogen-bond donors (Lipinski definition) is 0. The Kier molecular flexibility index (Phi) is 9.99. The second-order valence-corrected chi connectivity index (χ2v) is 14.3. The van der Waals surface area contributed by atoms with Gasteiger partial charge in [-0.05, 0) is 138 Å². The van der Waals surface area contributed by atoms with Gasteiger partial charge in [-0.15, -0.1) is 0 Å². The first-order valence-corrected chi connectivity index (χ1v) is 19.5. The topological polar surface area (TPSA) is 47.7 Å². The second-order valence-electron chi connectivity index (χ2n) is 14.3. The summed E-state index contributed by atoms with van der Waals surface area (Å²) in [4.78, 5) is 8.80. The highest BCUT2D eigenvalue weighted by molar-refractivity contribution is 6.12. The summed E-state index contributed by atoms with van der Waals surface area (Å²) in [7, 11) is 3.39. The summed E-state index contributed by atoms with van der Waals surface area (Å²) >= 11 is 0. The molecule has 2 heterocycles. The standard InChI is InChI=1S/C52H43N5O2/c1-5-37-7-13-40(14-8-37)55(42-19-25-47(58-3)26-20-42)45-23-29-51-49(33-45)50-34-46(56(41-15-9-38(6-2)10-16-41)43-21-27-48(59-4)28-22-43)24-30-52(50)57(51)44-17-11-39(12-18-44)35-54-32-31-53-36-54/h5-34,36H,1-2,35H2,3-4H3. The number of benzene rings is 7. The molecule has 0 fully saturated rings. The van der Waals surface area contributed by atoms with Crippen LogP contribution in [0, 0.1) is 0 Å². The molecule has 0 aliphatic rings. The lowest BCUT2D eigenvalue weighted by atomic mass is 10.1. The van der Waals surface area contributed by atoms with Crippen molar-refractivity contribution in [2.75, 3.05) is 24.0 Å². The van der Waals surface area contributed by atoms with E-state index in [1.165, 1.54) is 5.56 Å². The molecule has 288 valence electrons. The Bertz CT molecular complexity index is 2720. The van der Waals surface area contributed by atoms with Crippen LogP contribution in [0.1, 0.15) is 16.7 Å². The van der Waals surface area contributed by atoms with Gasteiger partial charge >= 0.3 is 0 Å². The zero-order valence-corrected chi connectivity index (χ0v) is 33.1. The fraction of sp³-hybridized carbons (Fsp3) is 0.0577. The first-order valence-electron chi connectivity index (χ1n) is 19.5. The Labute approximate surface area is 344 Å². The van der Waals surface area contributed by atoms with Crippen LogP contribution in [0.25, 0.3) is 39.6 Å². The molecule has 9 aromatic rings. The molecule has 0 unspecified atom stereocenters. The summed E-state index contributed by atoms with van der Waals surface area (Å²) in [5, 5.41) is 2.25. The van der Waals surface area contributed by atoms with E-state index < -0.39 is 0 Å². The summed E-state index contributed by atoms with van der Waals surface area (Å²) in [6.45, 7) is 8.71. The molecule has 0 saturated carbocycles. The van der Waals surface area contributed by atoms with Crippen molar-refractivity contribution in [3.05, 3.63) is 206 Å². The van der Waals surface area contributed by atoms with Gasteiger partial charge in [-0.3, -0.25) is 0 Å². The SMILES string of the molecule is C=Cc1ccc(N(c2ccc(OC)cc2)c2ccc3c(c2)c2cc(N(c4ccc(C=C)cc4)c4ccc(OC)cc4)ccc2n3-c2ccc(Cn3ccnc3)cc2)cc1. The van der Waals surface area contributed by atoms with Crippen LogP contribution in [0.3, 0.4) is 0 Å². The Hall–Kier alpha value is -7.77. The number of methoxy groups -OCH3 is 2. The van der Waals surface area contributed by atoms with Crippen molar-refractivity contribution in [1.82, 2.24) is 14.1 Å². The molecule has 0 aliphatic heterocycles. The molecule has 0 spiro atoms. The molecule has 0 amide bonds. The second kappa shape index (κ2) is 16.0. The Morgan fingerprint density at radius 2 is 0.949 bits per heavy atom. The first kappa shape index (κ1) is 36.8. The van der Waals surface area contributed by atoms with Gasteiger partial charge in [0.15, 0.2) is 0 Å². The zero-order chi connectivity index (χ0) is 40.3. The average Bonchev–Trinajstić information content (AvgIpc) is 3.93. The maximum absolute atomic E-state index is 5.54. The lowest BCUT2D eigenvalue weighted by molar-refractivity contribution is 0.414. The van der Waals surface area contributed by atoms with Crippen molar-refractivity contribution in [3.8, 4) is 17.2 Å². The van der Waals surface area contributed by atoms with E-state index in [4.69, 9.17) is 9.47 Å². The summed E-state index contributed by atoms with van der Waals surface area (Å²) in [6.07, 6.45) is 9.39. The summed E-state index contributed by atoms with van der Waals surface area (Å²) in [5.41, 5.74) is 12.8. The largest absolute Gasteiger partial charge is 0.497 e. The summed E-state index contributed by atoms with van der Waals surface area (Å²) in [6, 6.07) is 55.7. The Morgan fingerprint density at radius 3 is 1.34 bits per heavy atom. The molecule has 0 N–H and O–H groups in total. The molecule has 7 aromatic carbocycles. The maximum atomic E-state index is 5.54. The number of fused-ring (bicyclic) bond motifs is 3. The van der Waals surface area contributed by atoms with Gasteiger partial charge in [0.25, 0.3) is 0 Å². The predicted octanol–water partition coefficient (Wildman–Crippen LogP) is 13.3. The fourth-order valence-electron chi connectivity index (χ4n) is 7.77. The van der Waals surface area contributed by atoms with Crippen molar-refractivity contribution in [2.45, 2.75) is 6.54 Å². The van der Waals surface area contributed by atoms with Gasteiger partial charge in [-0.1, -0.05) is 61.7 Å². The number of rotatable bonds is 13. The first-order chi connectivity index (χ1) is 29.0. The van der Waals surface area contributed by atoms with Gasteiger partial charge in [0.1, 0.15) is 11.5 Å². The van der Waals surface area contributed by atoms with E-state index in [9.17, 15) is 0 Å². The van der Waals surface area contributed by atoms with E-state index in [2.05, 4.69) is 171 Å². The quantitative estimate of drug-likeness (QED) is 0.117. The highest BCUT2D eigenvalue weighted by Gasteiger charge is 2.20. The molecular formula is C52H43N5O2. The fourth-order valence-corrected chi connectivity index (χ4v) is 7.77. The van der Waals surface area contributed by atoms with E-state index in [0.29, 0.717) is 0 Å². The van der Waals surface area contributed by atoms with Crippen LogP contribution in [0.2, 0.25) is 0 Å². The third kappa shape index (κ3) is 7.22. The lowest BCUT2D eigenvalue weighted by Gasteiger charge is -2.26. The van der Waals surface area contributed by atoms with Crippen LogP contribution in [0.5, 0.6) is 11.5 Å². The van der Waals surface area contributed by atoms with E-state index in [-0.39, 0.29) is 0 Å². The van der Waals surface area contributed by atoms with Crippen molar-refractivity contribution >= 4 is 68.1 Å². The van der Waals surface area contributed by atoms with Crippen LogP contribution in [-0.4, -0.2) is 28.3 Å². The highest BCUT2D eigenvalue weighted by Crippen LogP contribution is 2.43. The van der Waals surface area contributed by atoms with Gasteiger partial charge in [0.05, 0.1) is 31.6 Å². The molecular weight excluding hydrogens is 727 g/mol. The van der Waals surface area contributed by atoms with E-state index in [1.807, 2.05) is 55.1 Å². The van der Waals surface area contributed by atoms with Crippen LogP contribution >= 0.6 is 0 Å². The van der Waals surface area contributed by atoms with E-state index in [1.54, 1.807) is 14.2 Å². The number of hydrogen-bond acceptors (Lipinski definition) is 5. The Balaban J connectivity index is 1.25. The van der Waals surface area contributed by atoms with Gasteiger partial charge in [0.2, 0.25) is 0 Å². The van der Waals surface area contributed by atoms with E-state index >= 15 is 0 Å². The molecule has 0 radical (unpaired) electrons. The smallest absolute Gasteiger partial charge is 0.119 e. The summed E-state index contributed by atoms with van der Waals surface area (Å²) < 4.78 is 15.5. The molecule has 0 bridgehead atoms. The molecule has 2 aromatic heterocycles. The minimum absolute atomic E-state index is 0.754. The lowest BCUT2D eigenvalue weighted by Crippen LogP contribution is -2.10. The normalized spacial score (nSPS) is 11.1. The molecule has 0 aliphatic carbocycles. The van der Waals surface area contributed by atoms with Gasteiger partial charge in [-0.2, -0.15) is 0 Å². The molecule has 9 rings (SSSR count). The molecule has 0 atom stereocenters. The number of ether oxygens (including phenoxy) is 2. The van der Waals surface area contributed by atoms with Crippen molar-refractivity contribution in [2.24, 2.45) is 0 Å². The average molecular weight is 770 g/mol. The number of nitrogens with zero attached hydrogens (tertiary/aromatic N) is 5. The van der Waals surface area contributed by atoms with Crippen LogP contribution in [-0.2, 0) is 6.54 Å². The highest BCUT2D eigenvalue weighted by atomic mass is 16.5. The molecule has 7 heteroatoms. The number of imidazole rings is 1. The molecule has 0 saturated heterocycles. The third-order valence-electron chi connectivity index (χ3n) is 10.8. The van der Waals surface area contributed by atoms with Crippen molar-refractivity contribution in [1.29, 1.82) is 0 Å². The molecule has 7 nitrogen and oxygen atoms in total. The van der Waals surface area contributed by atoms with Gasteiger partial charge < -0.3 is 28.4 Å². The summed E-state index contributed by atoms with van der Waals surface area (Å²) in [5.74, 6) is 1.61. The van der Waals surface area contributed by atoms with Crippen molar-refractivity contribution < 1.29 is 9.47 Å². The zero-order valence-electron chi connectivity index (χ0n) is 33.1. The number of aromatic nitrogens is 3. The predicted molar refractivity (Wildman–Crippen MR) is 245 cm³/mol. The van der Waals surface area contributed by atoms with Crippen molar-refractivity contribution in [3.63, 3.8) is 0 Å². The maximum Gasteiger partial charge on any atom is 0.119 e.